The number of benzene rings is 2. The first-order valence-corrected chi connectivity index (χ1v) is 8.57. The van der Waals surface area contributed by atoms with E-state index < -0.39 is 17.6 Å². The van der Waals surface area contributed by atoms with Crippen LogP contribution in [-0.4, -0.2) is 17.9 Å². The zero-order chi connectivity index (χ0) is 19.0. The molecule has 2 aromatic rings. The summed E-state index contributed by atoms with van der Waals surface area (Å²) in [6.45, 7) is 0.139. The van der Waals surface area contributed by atoms with E-state index in [1.807, 2.05) is 0 Å². The van der Waals surface area contributed by atoms with Gasteiger partial charge in [0, 0.05) is 0 Å². The number of fused-ring (bicyclic) bond motifs is 1. The minimum Gasteiger partial charge on any atom is -0.454 e. The number of aliphatic imine (C=N–C) groups is 1. The largest absolute Gasteiger partial charge is 0.454 e. The summed E-state index contributed by atoms with van der Waals surface area (Å²) < 4.78 is 49.7. The van der Waals surface area contributed by atoms with Crippen molar-refractivity contribution in [3.05, 3.63) is 58.5 Å². The molecule has 0 unspecified atom stereocenters. The van der Waals surface area contributed by atoms with Crippen molar-refractivity contribution in [3.8, 4) is 11.5 Å². The number of amides is 1. The number of carbonyl (C=O) groups excluding carboxylic acids is 1. The minimum absolute atomic E-state index is 0.0868. The molecule has 138 valence electrons. The molecule has 2 aromatic carbocycles. The Balaban J connectivity index is 1.61. The smallest absolute Gasteiger partial charge is 0.418 e. The fraction of sp³-hybridized carbons (Fsp3) is 0.111. The molecule has 2 heterocycles. The van der Waals surface area contributed by atoms with Crippen LogP contribution in [0, 0.1) is 0 Å². The first kappa shape index (κ1) is 17.5. The Kier molecular flexibility index (Phi) is 4.31. The molecular formula is C18H11F3N2O3S. The van der Waals surface area contributed by atoms with E-state index in [1.54, 1.807) is 24.3 Å². The average molecular weight is 392 g/mol. The molecule has 0 bridgehead atoms. The lowest BCUT2D eigenvalue weighted by atomic mass is 10.2. The van der Waals surface area contributed by atoms with E-state index in [0.717, 1.165) is 17.8 Å². The molecule has 0 radical (unpaired) electrons. The van der Waals surface area contributed by atoms with Gasteiger partial charge in [0.15, 0.2) is 16.7 Å². The first-order chi connectivity index (χ1) is 12.9. The molecule has 2 aliphatic rings. The van der Waals surface area contributed by atoms with Crippen LogP contribution in [0.4, 0.5) is 18.9 Å². The van der Waals surface area contributed by atoms with Gasteiger partial charge < -0.3 is 14.8 Å². The van der Waals surface area contributed by atoms with Gasteiger partial charge in [-0.2, -0.15) is 13.2 Å². The number of halogens is 3. The van der Waals surface area contributed by atoms with E-state index in [1.165, 1.54) is 18.2 Å². The van der Waals surface area contributed by atoms with Crippen molar-refractivity contribution < 1.29 is 27.4 Å². The highest BCUT2D eigenvalue weighted by atomic mass is 32.2. The normalized spacial score (nSPS) is 19.0. The van der Waals surface area contributed by atoms with Gasteiger partial charge in [0.25, 0.3) is 5.91 Å². The van der Waals surface area contributed by atoms with Gasteiger partial charge >= 0.3 is 6.18 Å². The summed E-state index contributed by atoms with van der Waals surface area (Å²) in [5.74, 6) is 0.758. The van der Waals surface area contributed by atoms with Crippen molar-refractivity contribution in [1.82, 2.24) is 5.32 Å². The number of para-hydroxylation sites is 1. The maximum Gasteiger partial charge on any atom is 0.418 e. The number of nitrogens with one attached hydrogen (secondary N) is 1. The number of alkyl halides is 3. The summed E-state index contributed by atoms with van der Waals surface area (Å²) in [4.78, 5) is 16.4. The molecule has 1 saturated heterocycles. The Hall–Kier alpha value is -2.94. The maximum atomic E-state index is 13.1. The van der Waals surface area contributed by atoms with Crippen LogP contribution in [0.1, 0.15) is 11.1 Å². The van der Waals surface area contributed by atoms with Crippen molar-refractivity contribution in [3.63, 3.8) is 0 Å². The highest BCUT2D eigenvalue weighted by Gasteiger charge is 2.34. The molecular weight excluding hydrogens is 381 g/mol. The molecule has 0 aromatic heterocycles. The third-order valence-corrected chi connectivity index (χ3v) is 4.69. The summed E-state index contributed by atoms with van der Waals surface area (Å²) in [6.07, 6.45) is -2.92. The monoisotopic (exact) mass is 392 g/mol. The molecule has 27 heavy (non-hydrogen) atoms. The molecule has 4 rings (SSSR count). The van der Waals surface area contributed by atoms with Crippen molar-refractivity contribution in [1.29, 1.82) is 0 Å². The van der Waals surface area contributed by atoms with E-state index in [9.17, 15) is 18.0 Å². The lowest BCUT2D eigenvalue weighted by Gasteiger charge is -2.09. The number of thioether (sulfide) groups is 1. The van der Waals surface area contributed by atoms with Crippen LogP contribution < -0.4 is 14.8 Å². The van der Waals surface area contributed by atoms with Gasteiger partial charge in [-0.1, -0.05) is 18.2 Å². The Labute approximate surface area is 155 Å². The standard InChI is InChI=1S/C18H11F3N2O3S/c19-18(20,21)11-3-1-2-4-12(11)22-17-23-16(24)15(27-17)8-10-5-6-13-14(7-10)26-9-25-13/h1-8H,9H2,(H,22,23,24)/b15-8-. The highest BCUT2D eigenvalue weighted by Crippen LogP contribution is 2.38. The van der Waals surface area contributed by atoms with Crippen LogP contribution in [0.2, 0.25) is 0 Å². The van der Waals surface area contributed by atoms with Gasteiger partial charge in [-0.25, -0.2) is 4.99 Å². The van der Waals surface area contributed by atoms with Crippen molar-refractivity contribution >= 4 is 34.6 Å². The molecule has 0 saturated carbocycles. The fourth-order valence-corrected chi connectivity index (χ4v) is 3.39. The van der Waals surface area contributed by atoms with Crippen LogP contribution in [0.3, 0.4) is 0 Å². The zero-order valence-corrected chi connectivity index (χ0v) is 14.4. The van der Waals surface area contributed by atoms with Gasteiger partial charge in [0.2, 0.25) is 6.79 Å². The van der Waals surface area contributed by atoms with Gasteiger partial charge in [-0.3, -0.25) is 4.79 Å². The summed E-state index contributed by atoms with van der Waals surface area (Å²) in [5.41, 5.74) is -0.411. The first-order valence-electron chi connectivity index (χ1n) is 7.75. The van der Waals surface area contributed by atoms with E-state index in [0.29, 0.717) is 22.0 Å². The molecule has 0 aliphatic carbocycles. The van der Waals surface area contributed by atoms with E-state index in [4.69, 9.17) is 9.47 Å². The van der Waals surface area contributed by atoms with Crippen LogP contribution in [0.5, 0.6) is 11.5 Å². The number of hydrogen-bond acceptors (Lipinski definition) is 5. The van der Waals surface area contributed by atoms with Crippen molar-refractivity contribution in [2.45, 2.75) is 6.18 Å². The Morgan fingerprint density at radius 2 is 1.89 bits per heavy atom. The van der Waals surface area contributed by atoms with E-state index in [-0.39, 0.29) is 17.6 Å². The van der Waals surface area contributed by atoms with E-state index >= 15 is 0 Å². The van der Waals surface area contributed by atoms with E-state index in [2.05, 4.69) is 10.3 Å². The quantitative estimate of drug-likeness (QED) is 0.773. The molecule has 0 spiro atoms. The number of nitrogens with zero attached hydrogens (tertiary/aromatic N) is 1. The predicted octanol–water partition coefficient (Wildman–Crippen LogP) is 4.33. The lowest BCUT2D eigenvalue weighted by molar-refractivity contribution is -0.137. The number of ether oxygens (including phenoxy) is 2. The molecule has 1 N–H and O–H groups in total. The number of amidine groups is 1. The van der Waals surface area contributed by atoms with Crippen LogP contribution in [0.25, 0.3) is 6.08 Å². The zero-order valence-electron chi connectivity index (χ0n) is 13.5. The third-order valence-electron chi connectivity index (χ3n) is 3.78. The molecule has 0 atom stereocenters. The Morgan fingerprint density at radius 1 is 1.11 bits per heavy atom. The summed E-state index contributed by atoms with van der Waals surface area (Å²) in [7, 11) is 0. The highest BCUT2D eigenvalue weighted by molar-refractivity contribution is 8.18. The third kappa shape index (κ3) is 3.63. The summed E-state index contributed by atoms with van der Waals surface area (Å²) in [6, 6.07) is 10.1. The van der Waals surface area contributed by atoms with Crippen molar-refractivity contribution in [2.24, 2.45) is 4.99 Å². The topological polar surface area (TPSA) is 59.9 Å². The molecule has 1 amide bonds. The SMILES string of the molecule is O=C1NC(=Nc2ccccc2C(F)(F)F)S/C1=C\c1ccc2c(c1)OCO2. The van der Waals surface area contributed by atoms with Gasteiger partial charge in [0.1, 0.15) is 0 Å². The second kappa shape index (κ2) is 6.66. The minimum atomic E-state index is -4.53. The van der Waals surface area contributed by atoms with Crippen LogP contribution >= 0.6 is 11.8 Å². The molecule has 2 aliphatic heterocycles. The average Bonchev–Trinajstić information content (AvgIpc) is 3.21. The summed E-state index contributed by atoms with van der Waals surface area (Å²) >= 11 is 0.972. The maximum absolute atomic E-state index is 13.1. The van der Waals surface area contributed by atoms with Crippen LogP contribution in [-0.2, 0) is 11.0 Å². The lowest BCUT2D eigenvalue weighted by Crippen LogP contribution is -2.19. The summed E-state index contributed by atoms with van der Waals surface area (Å²) in [5, 5.41) is 2.57. The number of carbonyl (C=O) groups is 1. The van der Waals surface area contributed by atoms with Crippen molar-refractivity contribution in [2.75, 3.05) is 6.79 Å². The molecule has 5 nitrogen and oxygen atoms in total. The second-order valence-electron chi connectivity index (χ2n) is 5.61. The second-order valence-corrected chi connectivity index (χ2v) is 6.64. The number of rotatable bonds is 2. The Morgan fingerprint density at radius 3 is 2.70 bits per heavy atom. The van der Waals surface area contributed by atoms with Gasteiger partial charge in [0.05, 0.1) is 16.2 Å². The Bertz CT molecular complexity index is 986. The van der Waals surface area contributed by atoms with Crippen LogP contribution in [0.15, 0.2) is 52.4 Å². The van der Waals surface area contributed by atoms with Gasteiger partial charge in [-0.15, -0.1) is 0 Å². The number of hydrogen-bond donors (Lipinski definition) is 1. The fourth-order valence-electron chi connectivity index (χ4n) is 2.56. The molecule has 9 heteroatoms. The van der Waals surface area contributed by atoms with Gasteiger partial charge in [-0.05, 0) is 47.7 Å². The molecule has 1 fully saturated rings. The predicted molar refractivity (Wildman–Crippen MR) is 94.8 cm³/mol.